The van der Waals surface area contributed by atoms with E-state index in [2.05, 4.69) is 39.7 Å². The van der Waals surface area contributed by atoms with Crippen LogP contribution < -0.4 is 15.4 Å². The van der Waals surface area contributed by atoms with Gasteiger partial charge in [-0.15, -0.1) is 0 Å². The van der Waals surface area contributed by atoms with Crippen LogP contribution >= 0.6 is 0 Å². The van der Waals surface area contributed by atoms with Crippen molar-refractivity contribution in [3.63, 3.8) is 0 Å². The van der Waals surface area contributed by atoms with Gasteiger partial charge in [0.2, 0.25) is 5.95 Å². The van der Waals surface area contributed by atoms with Crippen molar-refractivity contribution in [2.24, 2.45) is 0 Å². The molecule has 2 aromatic carbocycles. The topological polar surface area (TPSA) is 59.1 Å². The Hall–Kier alpha value is -3.29. The van der Waals surface area contributed by atoms with Crippen molar-refractivity contribution < 1.29 is 17.9 Å². The molecule has 192 valence electrons. The van der Waals surface area contributed by atoms with Crippen LogP contribution in [0.3, 0.4) is 0 Å². The predicted octanol–water partition coefficient (Wildman–Crippen LogP) is 8.60. The number of anilines is 4. The molecular weight excluding hydrogens is 465 g/mol. The van der Waals surface area contributed by atoms with E-state index in [9.17, 15) is 13.2 Å². The molecule has 0 atom stereocenters. The lowest BCUT2D eigenvalue weighted by atomic mass is 9.84. The fourth-order valence-corrected chi connectivity index (χ4v) is 4.51. The van der Waals surface area contributed by atoms with E-state index in [4.69, 9.17) is 4.74 Å². The third-order valence-corrected chi connectivity index (χ3v) is 6.48. The van der Waals surface area contributed by atoms with E-state index < -0.39 is 11.7 Å². The van der Waals surface area contributed by atoms with E-state index in [0.29, 0.717) is 24.0 Å². The Bertz CT molecular complexity index is 1110. The number of unbranched alkanes of at least 4 members (excludes halogenated alkanes) is 2. The molecule has 0 unspecified atom stereocenters. The summed E-state index contributed by atoms with van der Waals surface area (Å²) in [6.07, 6.45) is 5.36. The molecule has 3 aromatic rings. The molecule has 1 aliphatic carbocycles. The zero-order valence-electron chi connectivity index (χ0n) is 20.6. The van der Waals surface area contributed by atoms with Gasteiger partial charge in [0.05, 0.1) is 12.3 Å². The minimum absolute atomic E-state index is 0.0808. The predicted molar refractivity (Wildman–Crippen MR) is 137 cm³/mol. The van der Waals surface area contributed by atoms with Gasteiger partial charge in [-0.05, 0) is 55.0 Å². The molecule has 2 N–H and O–H groups in total. The monoisotopic (exact) mass is 498 g/mol. The second-order valence-electron chi connectivity index (χ2n) is 9.21. The molecule has 1 aromatic heterocycles. The number of benzene rings is 2. The Morgan fingerprint density at radius 3 is 2.42 bits per heavy atom. The Kier molecular flexibility index (Phi) is 8.67. The van der Waals surface area contributed by atoms with Gasteiger partial charge in [0.15, 0.2) is 0 Å². The summed E-state index contributed by atoms with van der Waals surface area (Å²) < 4.78 is 47.1. The van der Waals surface area contributed by atoms with Crippen LogP contribution in [-0.2, 0) is 6.18 Å². The van der Waals surface area contributed by atoms with Crippen molar-refractivity contribution in [3.05, 3.63) is 65.9 Å². The van der Waals surface area contributed by atoms with Crippen LogP contribution in [0.25, 0.3) is 0 Å². The number of ether oxygens (including phenoxy) is 1. The first-order valence-electron chi connectivity index (χ1n) is 12.7. The van der Waals surface area contributed by atoms with Gasteiger partial charge in [0.25, 0.3) is 0 Å². The van der Waals surface area contributed by atoms with Gasteiger partial charge in [-0.1, -0.05) is 63.3 Å². The number of hydrogen-bond acceptors (Lipinski definition) is 5. The van der Waals surface area contributed by atoms with E-state index in [0.717, 1.165) is 31.1 Å². The maximum absolute atomic E-state index is 13.7. The van der Waals surface area contributed by atoms with Crippen molar-refractivity contribution in [2.75, 3.05) is 17.2 Å². The number of halogens is 3. The molecule has 1 fully saturated rings. The highest BCUT2D eigenvalue weighted by molar-refractivity contribution is 5.67. The summed E-state index contributed by atoms with van der Waals surface area (Å²) in [4.78, 5) is 8.12. The highest BCUT2D eigenvalue weighted by Crippen LogP contribution is 2.37. The van der Waals surface area contributed by atoms with Crippen molar-refractivity contribution >= 4 is 23.1 Å². The summed E-state index contributed by atoms with van der Waals surface area (Å²) >= 11 is 0. The molecule has 36 heavy (non-hydrogen) atoms. The summed E-state index contributed by atoms with van der Waals surface area (Å²) in [5.74, 6) is 0.809. The van der Waals surface area contributed by atoms with Gasteiger partial charge < -0.3 is 15.4 Å². The molecule has 1 heterocycles. The van der Waals surface area contributed by atoms with Gasteiger partial charge in [-0.2, -0.15) is 18.2 Å². The first-order chi connectivity index (χ1) is 17.4. The molecule has 8 heteroatoms. The minimum atomic E-state index is -4.61. The van der Waals surface area contributed by atoms with Gasteiger partial charge in [0.1, 0.15) is 17.1 Å². The largest absolute Gasteiger partial charge is 0.491 e. The second-order valence-corrected chi connectivity index (χ2v) is 9.21. The molecule has 0 aliphatic heterocycles. The summed E-state index contributed by atoms with van der Waals surface area (Å²) in [7, 11) is 0. The van der Waals surface area contributed by atoms with Gasteiger partial charge in [0, 0.05) is 11.9 Å². The second kappa shape index (κ2) is 12.1. The van der Waals surface area contributed by atoms with Gasteiger partial charge in [-0.3, -0.25) is 0 Å². The summed E-state index contributed by atoms with van der Waals surface area (Å²) in [5.41, 5.74) is 1.49. The Balaban J connectivity index is 1.53. The highest BCUT2D eigenvalue weighted by Gasteiger charge is 2.35. The van der Waals surface area contributed by atoms with Crippen LogP contribution in [0.1, 0.15) is 75.3 Å². The number of rotatable bonds is 10. The fraction of sp³-hybridized carbons (Fsp3) is 0.429. The summed E-state index contributed by atoms with van der Waals surface area (Å²) in [6.45, 7) is 2.59. The van der Waals surface area contributed by atoms with Crippen LogP contribution in [0, 0.1) is 0 Å². The van der Waals surface area contributed by atoms with E-state index in [-0.39, 0.29) is 11.8 Å². The molecule has 1 saturated carbocycles. The smallest absolute Gasteiger partial charge is 0.421 e. The van der Waals surface area contributed by atoms with Crippen molar-refractivity contribution in [3.8, 4) is 5.75 Å². The Labute approximate surface area is 210 Å². The Morgan fingerprint density at radius 1 is 0.944 bits per heavy atom. The molecule has 0 radical (unpaired) electrons. The normalized spacial score (nSPS) is 14.4. The highest BCUT2D eigenvalue weighted by atomic mass is 19.4. The van der Waals surface area contributed by atoms with Gasteiger partial charge >= 0.3 is 6.18 Å². The zero-order valence-corrected chi connectivity index (χ0v) is 20.6. The third kappa shape index (κ3) is 6.89. The number of nitrogens with one attached hydrogen (secondary N) is 2. The number of alkyl halides is 3. The average molecular weight is 499 g/mol. The van der Waals surface area contributed by atoms with E-state index in [1.165, 1.54) is 37.7 Å². The average Bonchev–Trinajstić information content (AvgIpc) is 2.88. The van der Waals surface area contributed by atoms with Crippen LogP contribution in [-0.4, -0.2) is 16.6 Å². The molecule has 1 aliphatic rings. The zero-order chi connectivity index (χ0) is 25.4. The van der Waals surface area contributed by atoms with E-state index in [1.54, 1.807) is 24.3 Å². The SMILES string of the molecule is CCCCCOc1ccccc1Nc1nc(Nc2ccc(C3CCCCC3)cc2)ncc1C(F)(F)F. The number of hydrogen-bond donors (Lipinski definition) is 2. The quantitative estimate of drug-likeness (QED) is 0.274. The van der Waals surface area contributed by atoms with Crippen LogP contribution in [0.4, 0.5) is 36.3 Å². The lowest BCUT2D eigenvalue weighted by molar-refractivity contribution is -0.137. The lowest BCUT2D eigenvalue weighted by Gasteiger charge is -2.22. The van der Waals surface area contributed by atoms with Gasteiger partial charge in [-0.25, -0.2) is 4.98 Å². The molecule has 0 bridgehead atoms. The molecule has 0 saturated heterocycles. The van der Waals surface area contributed by atoms with E-state index in [1.807, 2.05) is 12.1 Å². The first-order valence-corrected chi connectivity index (χ1v) is 12.7. The van der Waals surface area contributed by atoms with Crippen molar-refractivity contribution in [1.82, 2.24) is 9.97 Å². The molecule has 4 rings (SSSR count). The number of nitrogens with zero attached hydrogens (tertiary/aromatic N) is 2. The van der Waals surface area contributed by atoms with E-state index >= 15 is 0 Å². The molecule has 5 nitrogen and oxygen atoms in total. The van der Waals surface area contributed by atoms with Crippen LogP contribution in [0.15, 0.2) is 54.7 Å². The van der Waals surface area contributed by atoms with Crippen molar-refractivity contribution in [2.45, 2.75) is 70.4 Å². The fourth-order valence-electron chi connectivity index (χ4n) is 4.51. The molecular formula is C28H33F3N4O. The van der Waals surface area contributed by atoms with Crippen LogP contribution in [0.5, 0.6) is 5.75 Å². The maximum atomic E-state index is 13.7. The summed E-state index contributed by atoms with van der Waals surface area (Å²) in [5, 5.41) is 5.87. The lowest BCUT2D eigenvalue weighted by Crippen LogP contribution is -2.13. The maximum Gasteiger partial charge on any atom is 0.421 e. The summed E-state index contributed by atoms with van der Waals surface area (Å²) in [6, 6.07) is 14.9. The molecule has 0 spiro atoms. The van der Waals surface area contributed by atoms with Crippen molar-refractivity contribution in [1.29, 1.82) is 0 Å². The number of aromatic nitrogens is 2. The Morgan fingerprint density at radius 2 is 1.69 bits per heavy atom. The standard InChI is InChI=1S/C28H33F3N4O/c1-2-3-9-18-36-25-13-8-7-12-24(25)34-26-23(28(29,30)31)19-32-27(35-26)33-22-16-14-21(15-17-22)20-10-5-4-6-11-20/h7-8,12-17,19-20H,2-6,9-11,18H2,1H3,(H2,32,33,34,35). The third-order valence-electron chi connectivity index (χ3n) is 6.48. The minimum Gasteiger partial charge on any atom is -0.491 e. The molecule has 0 amide bonds. The number of para-hydroxylation sites is 2. The van der Waals surface area contributed by atoms with Crippen LogP contribution in [0.2, 0.25) is 0 Å². The first kappa shape index (κ1) is 25.8.